The Morgan fingerprint density at radius 2 is 1.82 bits per heavy atom. The van der Waals surface area contributed by atoms with E-state index < -0.39 is 44.2 Å². The van der Waals surface area contributed by atoms with E-state index in [9.17, 15) is 26.0 Å². The fourth-order valence-corrected chi connectivity index (χ4v) is 5.85. The van der Waals surface area contributed by atoms with Gasteiger partial charge in [0.15, 0.2) is 28.2 Å². The molecule has 3 heterocycles. The highest BCUT2D eigenvalue weighted by Crippen LogP contribution is 2.32. The van der Waals surface area contributed by atoms with Crippen LogP contribution in [0.15, 0.2) is 29.6 Å². The molecule has 33 heavy (non-hydrogen) atoms. The SMILES string of the molecule is COCCN(C1CCN(c2ncnc3[nH]ccc23)CC1)S(=O)(=O)c1c(F)c(F)cc(F)c1F. The first-order chi connectivity index (χ1) is 15.8. The summed E-state index contributed by atoms with van der Waals surface area (Å²) in [5, 5.41) is 0.805. The first-order valence-electron chi connectivity index (χ1n) is 10.1. The number of fused-ring (bicyclic) bond motifs is 1. The van der Waals surface area contributed by atoms with Gasteiger partial charge in [0.05, 0.1) is 12.0 Å². The molecule has 1 N–H and O–H groups in total. The molecule has 2 aromatic heterocycles. The number of halogens is 4. The quantitative estimate of drug-likeness (QED) is 0.407. The number of hydrogen-bond acceptors (Lipinski definition) is 6. The fraction of sp³-hybridized carbons (Fsp3) is 0.400. The predicted octanol–water partition coefficient (Wildman–Crippen LogP) is 2.82. The number of benzene rings is 1. The normalized spacial score (nSPS) is 15.6. The molecular formula is C20H21F4N5O3S. The Morgan fingerprint density at radius 3 is 2.45 bits per heavy atom. The van der Waals surface area contributed by atoms with E-state index in [2.05, 4.69) is 15.0 Å². The van der Waals surface area contributed by atoms with Crippen molar-refractivity contribution in [1.29, 1.82) is 0 Å². The van der Waals surface area contributed by atoms with Crippen molar-refractivity contribution in [2.75, 3.05) is 38.3 Å². The number of aromatic nitrogens is 3. The second-order valence-electron chi connectivity index (χ2n) is 7.56. The molecule has 178 valence electrons. The standard InChI is InChI=1S/C20H21F4N5O3S/c1-32-9-8-29(33(30,31)18-16(23)14(21)10-15(22)17(18)24)12-3-6-28(7-4-12)20-13-2-5-25-19(13)26-11-27-20/h2,5,10-12H,3-4,6-9H2,1H3,(H,25,26,27). The topological polar surface area (TPSA) is 91.4 Å². The second-order valence-corrected chi connectivity index (χ2v) is 9.39. The molecular weight excluding hydrogens is 466 g/mol. The Balaban J connectivity index is 1.62. The molecule has 8 nitrogen and oxygen atoms in total. The van der Waals surface area contributed by atoms with E-state index in [1.807, 2.05) is 11.0 Å². The number of nitrogens with one attached hydrogen (secondary N) is 1. The molecule has 0 aliphatic carbocycles. The van der Waals surface area contributed by atoms with Gasteiger partial charge in [0, 0.05) is 45.0 Å². The van der Waals surface area contributed by atoms with Gasteiger partial charge in [0.2, 0.25) is 10.0 Å². The minimum Gasteiger partial charge on any atom is -0.383 e. The Kier molecular flexibility index (Phi) is 6.54. The van der Waals surface area contributed by atoms with Gasteiger partial charge >= 0.3 is 0 Å². The lowest BCUT2D eigenvalue weighted by Crippen LogP contribution is -2.49. The Hall–Kier alpha value is -2.77. The van der Waals surface area contributed by atoms with E-state index in [1.54, 1.807) is 6.20 Å². The van der Waals surface area contributed by atoms with Gasteiger partial charge in [-0.15, -0.1) is 0 Å². The van der Waals surface area contributed by atoms with Gasteiger partial charge in [-0.3, -0.25) is 0 Å². The first kappa shape index (κ1) is 23.4. The molecule has 0 atom stereocenters. The summed E-state index contributed by atoms with van der Waals surface area (Å²) in [6.45, 7) is 0.472. The maximum atomic E-state index is 14.3. The number of aromatic amines is 1. The number of hydrogen-bond donors (Lipinski definition) is 1. The Bertz CT molecular complexity index is 1240. The summed E-state index contributed by atoms with van der Waals surface area (Å²) in [4.78, 5) is 11.8. The summed E-state index contributed by atoms with van der Waals surface area (Å²) in [6.07, 6.45) is 3.73. The number of sulfonamides is 1. The van der Waals surface area contributed by atoms with Crippen molar-refractivity contribution in [3.8, 4) is 0 Å². The van der Waals surface area contributed by atoms with Gasteiger partial charge in [0.1, 0.15) is 17.8 Å². The van der Waals surface area contributed by atoms with Crippen molar-refractivity contribution in [2.24, 2.45) is 0 Å². The van der Waals surface area contributed by atoms with Crippen LogP contribution < -0.4 is 4.90 Å². The largest absolute Gasteiger partial charge is 0.383 e. The third-order valence-corrected chi connectivity index (χ3v) is 7.63. The fourth-order valence-electron chi connectivity index (χ4n) is 4.05. The summed E-state index contributed by atoms with van der Waals surface area (Å²) in [7, 11) is -3.57. The lowest BCUT2D eigenvalue weighted by atomic mass is 10.0. The van der Waals surface area contributed by atoms with Crippen LogP contribution in [-0.4, -0.2) is 67.1 Å². The van der Waals surface area contributed by atoms with Gasteiger partial charge in [-0.1, -0.05) is 0 Å². The van der Waals surface area contributed by atoms with Crippen molar-refractivity contribution >= 4 is 26.9 Å². The lowest BCUT2D eigenvalue weighted by molar-refractivity contribution is 0.158. The van der Waals surface area contributed by atoms with Crippen LogP contribution in [-0.2, 0) is 14.8 Å². The highest BCUT2D eigenvalue weighted by atomic mass is 32.2. The molecule has 0 amide bonds. The monoisotopic (exact) mass is 487 g/mol. The molecule has 4 rings (SSSR count). The predicted molar refractivity (Wildman–Crippen MR) is 111 cm³/mol. The van der Waals surface area contributed by atoms with E-state index in [-0.39, 0.29) is 19.2 Å². The minimum atomic E-state index is -4.91. The van der Waals surface area contributed by atoms with E-state index in [4.69, 9.17) is 4.74 Å². The molecule has 0 radical (unpaired) electrons. The lowest BCUT2D eigenvalue weighted by Gasteiger charge is -2.38. The van der Waals surface area contributed by atoms with Crippen LogP contribution in [0.2, 0.25) is 0 Å². The van der Waals surface area contributed by atoms with Gasteiger partial charge < -0.3 is 14.6 Å². The van der Waals surface area contributed by atoms with Crippen molar-refractivity contribution in [2.45, 2.75) is 23.8 Å². The van der Waals surface area contributed by atoms with Crippen LogP contribution >= 0.6 is 0 Å². The van der Waals surface area contributed by atoms with E-state index in [0.717, 1.165) is 9.69 Å². The van der Waals surface area contributed by atoms with Crippen molar-refractivity contribution in [3.63, 3.8) is 0 Å². The smallest absolute Gasteiger partial charge is 0.249 e. The third-order valence-electron chi connectivity index (χ3n) is 5.66. The van der Waals surface area contributed by atoms with Crippen LogP contribution in [0.3, 0.4) is 0 Å². The van der Waals surface area contributed by atoms with Gasteiger partial charge in [0.25, 0.3) is 0 Å². The Labute approximate surface area is 187 Å². The average Bonchev–Trinajstić information content (AvgIpc) is 3.27. The molecule has 1 saturated heterocycles. The summed E-state index contributed by atoms with van der Waals surface area (Å²) < 4.78 is 88.4. The van der Waals surface area contributed by atoms with Crippen LogP contribution in [0, 0.1) is 23.3 Å². The number of rotatable bonds is 7. The molecule has 3 aromatic rings. The van der Waals surface area contributed by atoms with Gasteiger partial charge in [-0.25, -0.2) is 35.9 Å². The summed E-state index contributed by atoms with van der Waals surface area (Å²) >= 11 is 0. The Morgan fingerprint density at radius 1 is 1.15 bits per heavy atom. The zero-order valence-electron chi connectivity index (χ0n) is 17.6. The highest BCUT2D eigenvalue weighted by molar-refractivity contribution is 7.89. The number of piperidine rings is 1. The van der Waals surface area contributed by atoms with E-state index in [1.165, 1.54) is 13.4 Å². The molecule has 0 unspecified atom stereocenters. The number of methoxy groups -OCH3 is 1. The number of anilines is 1. The summed E-state index contributed by atoms with van der Waals surface area (Å²) in [6, 6.07) is 1.14. The average molecular weight is 487 g/mol. The molecule has 1 aliphatic rings. The summed E-state index contributed by atoms with van der Waals surface area (Å²) in [5.41, 5.74) is 0.658. The van der Waals surface area contributed by atoms with Crippen LogP contribution in [0.25, 0.3) is 11.0 Å². The number of ether oxygens (including phenoxy) is 1. The van der Waals surface area contributed by atoms with Crippen LogP contribution in [0.4, 0.5) is 23.4 Å². The third kappa shape index (κ3) is 4.27. The molecule has 0 saturated carbocycles. The van der Waals surface area contributed by atoms with Crippen molar-refractivity contribution in [1.82, 2.24) is 19.3 Å². The molecule has 1 fully saturated rings. The summed E-state index contributed by atoms with van der Waals surface area (Å²) in [5.74, 6) is -6.80. The minimum absolute atomic E-state index is 0.0227. The van der Waals surface area contributed by atoms with Gasteiger partial charge in [-0.2, -0.15) is 4.31 Å². The van der Waals surface area contributed by atoms with E-state index in [0.29, 0.717) is 37.4 Å². The maximum Gasteiger partial charge on any atom is 0.249 e. The van der Waals surface area contributed by atoms with Gasteiger partial charge in [-0.05, 0) is 18.9 Å². The highest BCUT2D eigenvalue weighted by Gasteiger charge is 2.39. The molecule has 1 aromatic carbocycles. The second kappa shape index (κ2) is 9.23. The molecule has 0 bridgehead atoms. The van der Waals surface area contributed by atoms with Crippen LogP contribution in [0.5, 0.6) is 0 Å². The van der Waals surface area contributed by atoms with Crippen molar-refractivity contribution < 1.29 is 30.7 Å². The first-order valence-corrected chi connectivity index (χ1v) is 11.6. The molecule has 1 aliphatic heterocycles. The molecule has 13 heteroatoms. The number of H-pyrrole nitrogens is 1. The molecule has 0 spiro atoms. The van der Waals surface area contributed by atoms with Crippen LogP contribution in [0.1, 0.15) is 12.8 Å². The maximum absolute atomic E-state index is 14.3. The van der Waals surface area contributed by atoms with E-state index >= 15 is 0 Å². The number of nitrogens with zero attached hydrogens (tertiary/aromatic N) is 4. The van der Waals surface area contributed by atoms with Crippen molar-refractivity contribution in [3.05, 3.63) is 47.9 Å². The zero-order valence-corrected chi connectivity index (χ0v) is 18.4. The zero-order chi connectivity index (χ0) is 23.8.